The Labute approximate surface area is 166 Å². The molecule has 6 heteroatoms. The van der Waals surface area contributed by atoms with Gasteiger partial charge in [-0.25, -0.2) is 0 Å². The first-order chi connectivity index (χ1) is 13.2. The highest BCUT2D eigenvalue weighted by Gasteiger charge is 2.66. The summed E-state index contributed by atoms with van der Waals surface area (Å²) in [4.78, 5) is 1.58. The van der Waals surface area contributed by atoms with Crippen LogP contribution in [0.2, 0.25) is 5.02 Å². The molecule has 1 saturated heterocycles. The fraction of sp³-hybridized carbons (Fsp3) is 0.619. The zero-order valence-electron chi connectivity index (χ0n) is 16.0. The lowest BCUT2D eigenvalue weighted by Gasteiger charge is -2.47. The summed E-state index contributed by atoms with van der Waals surface area (Å²) in [5, 5.41) is 12.6. The molecule has 3 atom stereocenters. The van der Waals surface area contributed by atoms with Gasteiger partial charge in [-0.2, -0.15) is 10.1 Å². The van der Waals surface area contributed by atoms with Crippen molar-refractivity contribution < 1.29 is 9.64 Å². The van der Waals surface area contributed by atoms with Crippen molar-refractivity contribution in [3.63, 3.8) is 0 Å². The molecule has 4 aliphatic rings. The molecule has 1 aromatic carbocycles. The zero-order chi connectivity index (χ0) is 18.4. The molecule has 0 aromatic heterocycles. The van der Waals surface area contributed by atoms with E-state index in [1.807, 2.05) is 6.92 Å². The van der Waals surface area contributed by atoms with Crippen LogP contribution in [0.25, 0.3) is 0 Å². The van der Waals surface area contributed by atoms with Crippen LogP contribution >= 0.6 is 11.6 Å². The maximum atomic E-state index is 6.49. The van der Waals surface area contributed by atoms with Crippen LogP contribution in [0.15, 0.2) is 40.2 Å². The number of rotatable bonds is 3. The third-order valence-electron chi connectivity index (χ3n) is 6.99. The average molecular weight is 388 g/mol. The van der Waals surface area contributed by atoms with Crippen LogP contribution in [-0.2, 0) is 4.74 Å². The van der Waals surface area contributed by atoms with Gasteiger partial charge < -0.3 is 9.64 Å². The number of morpholine rings is 1. The Morgan fingerprint density at radius 1 is 1.26 bits per heavy atom. The second-order valence-electron chi connectivity index (χ2n) is 8.31. The van der Waals surface area contributed by atoms with Crippen LogP contribution in [0.3, 0.4) is 0 Å². The molecule has 1 saturated carbocycles. The molecular formula is C21H28ClN4O+. The number of aryl methyl sites for hydroxylation is 1. The molecule has 0 unspecified atom stereocenters. The summed E-state index contributed by atoms with van der Waals surface area (Å²) in [5.41, 5.74) is 3.68. The van der Waals surface area contributed by atoms with Crippen LogP contribution in [0, 0.1) is 12.8 Å². The first-order valence-electron chi connectivity index (χ1n) is 10.3. The van der Waals surface area contributed by atoms with Gasteiger partial charge in [-0.05, 0) is 56.7 Å². The maximum absolute atomic E-state index is 6.49. The number of benzene rings is 1. The molecule has 2 fully saturated rings. The second-order valence-corrected chi connectivity index (χ2v) is 8.72. The van der Waals surface area contributed by atoms with Gasteiger partial charge in [0, 0.05) is 5.02 Å². The standard InChI is InChI=1S/C21H27ClN4O/c1-15-6-7-17(14-19(15)22)26-21(25-10-12-27-13-11-25)18(16-4-2-3-5-16)8-9-20(21)23-24-26/h4,6-7,14,18,20H,2-3,5,8-13H2,1H3/p+1/t18-,20+,21-/m0/s1. The van der Waals surface area contributed by atoms with Crippen molar-refractivity contribution in [1.29, 1.82) is 0 Å². The third-order valence-corrected chi connectivity index (χ3v) is 7.39. The van der Waals surface area contributed by atoms with Crippen LogP contribution in [0.1, 0.15) is 37.7 Å². The van der Waals surface area contributed by atoms with Crippen molar-refractivity contribution in [2.24, 2.45) is 16.3 Å². The van der Waals surface area contributed by atoms with Gasteiger partial charge in [0.25, 0.3) is 0 Å². The largest absolute Gasteiger partial charge is 0.370 e. The molecule has 0 bridgehead atoms. The van der Waals surface area contributed by atoms with Crippen molar-refractivity contribution in [3.05, 3.63) is 40.4 Å². The second kappa shape index (κ2) is 6.87. The highest BCUT2D eigenvalue weighted by molar-refractivity contribution is 6.31. The van der Waals surface area contributed by atoms with Crippen LogP contribution in [-0.4, -0.2) is 38.0 Å². The topological polar surface area (TPSA) is 41.6 Å². The number of halogens is 1. The quantitative estimate of drug-likeness (QED) is 0.808. The Bertz CT molecular complexity index is 788. The molecule has 5 rings (SSSR count). The minimum atomic E-state index is -0.126. The molecule has 0 spiro atoms. The summed E-state index contributed by atoms with van der Waals surface area (Å²) in [6.45, 7) is 5.71. The first-order valence-corrected chi connectivity index (χ1v) is 10.7. The van der Waals surface area contributed by atoms with E-state index >= 15 is 0 Å². The van der Waals surface area contributed by atoms with Crippen LogP contribution in [0.5, 0.6) is 0 Å². The SMILES string of the molecule is Cc1ccc(N2N=N[C@@H]3CC[C@@H](C4=CCCC4)[C@@]32[NH+]2CCOCC2)cc1Cl. The van der Waals surface area contributed by atoms with E-state index in [2.05, 4.69) is 29.3 Å². The van der Waals surface area contributed by atoms with E-state index < -0.39 is 0 Å². The smallest absolute Gasteiger partial charge is 0.225 e. The van der Waals surface area contributed by atoms with Crippen molar-refractivity contribution in [3.8, 4) is 0 Å². The summed E-state index contributed by atoms with van der Waals surface area (Å²) >= 11 is 6.49. The van der Waals surface area contributed by atoms with Gasteiger partial charge in [-0.15, -0.1) is 0 Å². The average Bonchev–Trinajstić information content (AvgIpc) is 3.40. The first kappa shape index (κ1) is 17.7. The summed E-state index contributed by atoms with van der Waals surface area (Å²) in [6.07, 6.45) is 8.55. The number of ether oxygens (including phenoxy) is 1. The maximum Gasteiger partial charge on any atom is 0.225 e. The minimum absolute atomic E-state index is 0.126. The molecule has 1 N–H and O–H groups in total. The molecular weight excluding hydrogens is 360 g/mol. The Balaban J connectivity index is 1.62. The predicted octanol–water partition coefficient (Wildman–Crippen LogP) is 3.34. The number of fused-ring (bicyclic) bond motifs is 1. The summed E-state index contributed by atoms with van der Waals surface area (Å²) in [6, 6.07) is 6.57. The Morgan fingerprint density at radius 3 is 2.85 bits per heavy atom. The highest BCUT2D eigenvalue weighted by atomic mass is 35.5. The van der Waals surface area contributed by atoms with E-state index in [0.717, 1.165) is 49.0 Å². The van der Waals surface area contributed by atoms with Gasteiger partial charge in [0.05, 0.1) is 24.8 Å². The van der Waals surface area contributed by atoms with Gasteiger partial charge in [0.15, 0.2) is 0 Å². The van der Waals surface area contributed by atoms with Gasteiger partial charge in [-0.1, -0.05) is 34.5 Å². The van der Waals surface area contributed by atoms with Crippen molar-refractivity contribution in [1.82, 2.24) is 0 Å². The lowest BCUT2D eigenvalue weighted by molar-refractivity contribution is -0.961. The summed E-state index contributed by atoms with van der Waals surface area (Å²) < 4.78 is 5.70. The molecule has 2 heterocycles. The third kappa shape index (κ3) is 2.66. The molecule has 2 aliphatic heterocycles. The van der Waals surface area contributed by atoms with Gasteiger partial charge in [-0.3, -0.25) is 0 Å². The number of hydrogen-bond acceptors (Lipinski definition) is 4. The minimum Gasteiger partial charge on any atom is -0.370 e. The van der Waals surface area contributed by atoms with E-state index in [0.29, 0.717) is 5.92 Å². The fourth-order valence-electron chi connectivity index (χ4n) is 5.73. The predicted molar refractivity (Wildman–Crippen MR) is 106 cm³/mol. The van der Waals surface area contributed by atoms with Crippen molar-refractivity contribution in [2.75, 3.05) is 31.3 Å². The molecule has 5 nitrogen and oxygen atoms in total. The molecule has 27 heavy (non-hydrogen) atoms. The van der Waals surface area contributed by atoms with E-state index in [-0.39, 0.29) is 11.7 Å². The van der Waals surface area contributed by atoms with Crippen LogP contribution < -0.4 is 9.91 Å². The monoisotopic (exact) mass is 387 g/mol. The van der Waals surface area contributed by atoms with E-state index in [1.165, 1.54) is 25.7 Å². The molecule has 0 radical (unpaired) electrons. The molecule has 1 aromatic rings. The molecule has 0 amide bonds. The fourth-order valence-corrected chi connectivity index (χ4v) is 5.90. The normalized spacial score (nSPS) is 33.6. The Kier molecular flexibility index (Phi) is 4.49. The van der Waals surface area contributed by atoms with Crippen molar-refractivity contribution in [2.45, 2.75) is 50.7 Å². The van der Waals surface area contributed by atoms with E-state index in [4.69, 9.17) is 26.7 Å². The van der Waals surface area contributed by atoms with Crippen LogP contribution in [0.4, 0.5) is 5.69 Å². The Hall–Kier alpha value is -1.43. The lowest BCUT2D eigenvalue weighted by atomic mass is 9.84. The number of nitrogens with one attached hydrogen (secondary N) is 1. The van der Waals surface area contributed by atoms with Crippen molar-refractivity contribution >= 4 is 17.3 Å². The number of nitrogens with zero attached hydrogens (tertiary/aromatic N) is 3. The number of allylic oxidation sites excluding steroid dienone is 1. The number of anilines is 1. The van der Waals surface area contributed by atoms with Gasteiger partial charge in [0.2, 0.25) is 5.66 Å². The molecule has 144 valence electrons. The summed E-state index contributed by atoms with van der Waals surface area (Å²) in [7, 11) is 0. The van der Waals surface area contributed by atoms with E-state index in [9.17, 15) is 0 Å². The zero-order valence-corrected chi connectivity index (χ0v) is 16.7. The Morgan fingerprint density at radius 2 is 2.11 bits per heavy atom. The van der Waals surface area contributed by atoms with E-state index in [1.54, 1.807) is 10.5 Å². The lowest BCUT2D eigenvalue weighted by Crippen LogP contribution is -3.25. The summed E-state index contributed by atoms with van der Waals surface area (Å²) in [5.74, 6) is 0.508. The number of quaternary nitrogens is 1. The molecule has 2 aliphatic carbocycles. The number of hydrogen-bond donors (Lipinski definition) is 1. The van der Waals surface area contributed by atoms with Gasteiger partial charge >= 0.3 is 0 Å². The van der Waals surface area contributed by atoms with Gasteiger partial charge in [0.1, 0.15) is 19.1 Å². The highest BCUT2D eigenvalue weighted by Crippen LogP contribution is 2.50.